The van der Waals surface area contributed by atoms with E-state index in [-0.39, 0.29) is 6.54 Å². The lowest BCUT2D eigenvalue weighted by Gasteiger charge is -2.34. The molecule has 0 aliphatic heterocycles. The first kappa shape index (κ1) is 33.9. The van der Waals surface area contributed by atoms with Crippen LogP contribution >= 0.6 is 0 Å². The van der Waals surface area contributed by atoms with E-state index in [1.807, 2.05) is 6.07 Å². The zero-order chi connectivity index (χ0) is 31.3. The number of carbonyl (C=O) groups excluding carboxylic acids is 4. The molecule has 0 heterocycles. The highest BCUT2D eigenvalue weighted by atomic mass is 16.6. The molecule has 0 fully saturated rings. The number of hydrogen-bond acceptors (Lipinski definition) is 6. The Hall–Kier alpha value is -4.34. The second-order valence-corrected chi connectivity index (χ2v) is 11.0. The number of amides is 4. The minimum absolute atomic E-state index is 0.198. The molecule has 0 radical (unpaired) electrons. The standard InChI is InChI=1S/C32H44N4O6/c1-7-9-10-11-19-36(30(39)26(21-27(33)37)35-31(40)42-32(3,4)5)28(23-14-12-13-22(8-2)20-23)29(38)34-24-15-17-25(41-6)18-16-24/h8,12-18,20,26,28H,2,7,9-11,19,21H2,1,3-6H3,(H2,33,37)(H,34,38)(H,35,40). The molecule has 4 amide bonds. The summed E-state index contributed by atoms with van der Waals surface area (Å²) in [5, 5.41) is 5.40. The van der Waals surface area contributed by atoms with Crippen molar-refractivity contribution in [3.63, 3.8) is 0 Å². The van der Waals surface area contributed by atoms with Gasteiger partial charge in [0.1, 0.15) is 23.4 Å². The highest BCUT2D eigenvalue weighted by Crippen LogP contribution is 2.27. The molecular weight excluding hydrogens is 536 g/mol. The van der Waals surface area contributed by atoms with Crippen molar-refractivity contribution in [3.05, 3.63) is 66.2 Å². The summed E-state index contributed by atoms with van der Waals surface area (Å²) in [6.45, 7) is 11.1. The summed E-state index contributed by atoms with van der Waals surface area (Å²) in [4.78, 5) is 54.3. The molecule has 0 aromatic heterocycles. The predicted molar refractivity (Wildman–Crippen MR) is 164 cm³/mol. The van der Waals surface area contributed by atoms with Gasteiger partial charge in [-0.2, -0.15) is 0 Å². The van der Waals surface area contributed by atoms with Crippen LogP contribution in [0.4, 0.5) is 10.5 Å². The van der Waals surface area contributed by atoms with Crippen LogP contribution in [0.5, 0.6) is 5.75 Å². The smallest absolute Gasteiger partial charge is 0.408 e. The second kappa shape index (κ2) is 16.2. The molecule has 2 unspecified atom stereocenters. The number of benzene rings is 2. The molecule has 0 aliphatic rings. The van der Waals surface area contributed by atoms with E-state index in [4.69, 9.17) is 15.2 Å². The lowest BCUT2D eigenvalue weighted by molar-refractivity contribution is -0.142. The van der Waals surface area contributed by atoms with Crippen molar-refractivity contribution in [1.82, 2.24) is 10.2 Å². The number of ether oxygens (including phenoxy) is 2. The first-order valence-electron chi connectivity index (χ1n) is 14.1. The molecule has 42 heavy (non-hydrogen) atoms. The van der Waals surface area contributed by atoms with Crippen LogP contribution in [0.15, 0.2) is 55.1 Å². The monoisotopic (exact) mass is 580 g/mol. The van der Waals surface area contributed by atoms with Gasteiger partial charge in [-0.25, -0.2) is 4.79 Å². The van der Waals surface area contributed by atoms with Crippen LogP contribution in [0, 0.1) is 0 Å². The number of methoxy groups -OCH3 is 1. The summed E-state index contributed by atoms with van der Waals surface area (Å²) in [6, 6.07) is 11.5. The maximum atomic E-state index is 14.2. The molecule has 4 N–H and O–H groups in total. The first-order valence-corrected chi connectivity index (χ1v) is 14.1. The molecule has 228 valence electrons. The van der Waals surface area contributed by atoms with E-state index in [1.54, 1.807) is 76.4 Å². The summed E-state index contributed by atoms with van der Waals surface area (Å²) < 4.78 is 10.6. The van der Waals surface area contributed by atoms with Crippen molar-refractivity contribution in [1.29, 1.82) is 0 Å². The Morgan fingerprint density at radius 1 is 1.05 bits per heavy atom. The second-order valence-electron chi connectivity index (χ2n) is 11.0. The number of nitrogens with one attached hydrogen (secondary N) is 2. The number of nitrogens with zero attached hydrogens (tertiary/aromatic N) is 1. The maximum Gasteiger partial charge on any atom is 0.408 e. The van der Waals surface area contributed by atoms with Crippen molar-refractivity contribution < 1.29 is 28.7 Å². The van der Waals surface area contributed by atoms with E-state index in [9.17, 15) is 19.2 Å². The van der Waals surface area contributed by atoms with Gasteiger partial charge >= 0.3 is 6.09 Å². The van der Waals surface area contributed by atoms with Crippen molar-refractivity contribution in [2.24, 2.45) is 5.73 Å². The van der Waals surface area contributed by atoms with Gasteiger partial charge in [-0.15, -0.1) is 0 Å². The van der Waals surface area contributed by atoms with Gasteiger partial charge < -0.3 is 30.7 Å². The molecule has 0 bridgehead atoms. The van der Waals surface area contributed by atoms with Crippen LogP contribution in [0.2, 0.25) is 0 Å². The fourth-order valence-corrected chi connectivity index (χ4v) is 4.34. The molecule has 0 saturated heterocycles. The van der Waals surface area contributed by atoms with E-state index in [1.165, 1.54) is 4.90 Å². The molecule has 2 aromatic carbocycles. The van der Waals surface area contributed by atoms with Crippen molar-refractivity contribution in [2.45, 2.75) is 77.5 Å². The minimum atomic E-state index is -1.35. The largest absolute Gasteiger partial charge is 0.497 e. The SMILES string of the molecule is C=Cc1cccc(C(C(=O)Nc2ccc(OC)cc2)N(CCCCCC)C(=O)C(CC(N)=O)NC(=O)OC(C)(C)C)c1. The van der Waals surface area contributed by atoms with Crippen LogP contribution in [-0.4, -0.2) is 54.0 Å². The number of alkyl carbamates (subject to hydrolysis) is 1. The quantitative estimate of drug-likeness (QED) is 0.248. The van der Waals surface area contributed by atoms with Gasteiger partial charge in [-0.3, -0.25) is 14.4 Å². The lowest BCUT2D eigenvalue weighted by Crippen LogP contribution is -2.53. The number of anilines is 1. The van der Waals surface area contributed by atoms with Gasteiger partial charge in [-0.1, -0.05) is 57.0 Å². The number of carbonyl (C=O) groups is 4. The number of primary amides is 1. The molecule has 10 heteroatoms. The molecule has 0 spiro atoms. The zero-order valence-corrected chi connectivity index (χ0v) is 25.3. The first-order chi connectivity index (χ1) is 19.9. The predicted octanol–water partition coefficient (Wildman–Crippen LogP) is 5.20. The van der Waals surface area contributed by atoms with Crippen LogP contribution < -0.4 is 21.1 Å². The van der Waals surface area contributed by atoms with E-state index in [2.05, 4.69) is 24.1 Å². The van der Waals surface area contributed by atoms with Crippen molar-refractivity contribution >= 4 is 35.6 Å². The number of rotatable bonds is 15. The van der Waals surface area contributed by atoms with Gasteiger partial charge in [0.25, 0.3) is 5.91 Å². The highest BCUT2D eigenvalue weighted by molar-refractivity contribution is 5.99. The third kappa shape index (κ3) is 10.9. The summed E-state index contributed by atoms with van der Waals surface area (Å²) in [7, 11) is 1.55. The Bertz CT molecular complexity index is 1220. The molecular formula is C32H44N4O6. The summed E-state index contributed by atoms with van der Waals surface area (Å²) in [5.41, 5.74) is 6.45. The third-order valence-electron chi connectivity index (χ3n) is 6.31. The van der Waals surface area contributed by atoms with Gasteiger partial charge in [0, 0.05) is 12.2 Å². The van der Waals surface area contributed by atoms with Gasteiger partial charge in [-0.05, 0) is 68.7 Å². The number of nitrogens with two attached hydrogens (primary N) is 1. The Morgan fingerprint density at radius 2 is 1.74 bits per heavy atom. The highest BCUT2D eigenvalue weighted by Gasteiger charge is 2.37. The van der Waals surface area contributed by atoms with Crippen LogP contribution in [-0.2, 0) is 19.1 Å². The molecule has 2 aromatic rings. The van der Waals surface area contributed by atoms with E-state index in [0.29, 0.717) is 23.4 Å². The zero-order valence-electron chi connectivity index (χ0n) is 25.3. The maximum absolute atomic E-state index is 14.2. The normalized spacial score (nSPS) is 12.4. The molecule has 0 aliphatic carbocycles. The van der Waals surface area contributed by atoms with Crippen molar-refractivity contribution in [2.75, 3.05) is 19.0 Å². The summed E-state index contributed by atoms with van der Waals surface area (Å²) in [6.07, 6.45) is 3.64. The fraction of sp³-hybridized carbons (Fsp3) is 0.438. The Morgan fingerprint density at radius 3 is 2.31 bits per heavy atom. The van der Waals surface area contributed by atoms with Crippen LogP contribution in [0.25, 0.3) is 6.08 Å². The Labute approximate surface area is 248 Å². The summed E-state index contributed by atoms with van der Waals surface area (Å²) >= 11 is 0. The van der Waals surface area contributed by atoms with Gasteiger partial charge in [0.15, 0.2) is 0 Å². The molecule has 2 atom stereocenters. The number of unbranched alkanes of at least 4 members (excludes halogenated alkanes) is 3. The van der Waals surface area contributed by atoms with E-state index < -0.39 is 47.9 Å². The third-order valence-corrected chi connectivity index (χ3v) is 6.31. The average Bonchev–Trinajstić information content (AvgIpc) is 2.93. The van der Waals surface area contributed by atoms with Gasteiger partial charge in [0.2, 0.25) is 11.8 Å². The molecule has 2 rings (SSSR count). The Balaban J connectivity index is 2.57. The average molecular weight is 581 g/mol. The topological polar surface area (TPSA) is 140 Å². The molecule has 0 saturated carbocycles. The fourth-order valence-electron chi connectivity index (χ4n) is 4.34. The van der Waals surface area contributed by atoms with Crippen molar-refractivity contribution in [3.8, 4) is 5.75 Å². The van der Waals surface area contributed by atoms with Crippen LogP contribution in [0.3, 0.4) is 0 Å². The minimum Gasteiger partial charge on any atom is -0.497 e. The summed E-state index contributed by atoms with van der Waals surface area (Å²) in [5.74, 6) is -1.27. The number of hydrogen-bond donors (Lipinski definition) is 3. The Kier molecular flexibility index (Phi) is 13.1. The van der Waals surface area contributed by atoms with Crippen LogP contribution in [0.1, 0.15) is 77.0 Å². The van der Waals surface area contributed by atoms with Gasteiger partial charge in [0.05, 0.1) is 13.5 Å². The molecule has 10 nitrogen and oxygen atoms in total. The van der Waals surface area contributed by atoms with E-state index >= 15 is 0 Å². The van der Waals surface area contributed by atoms with E-state index in [0.717, 1.165) is 24.8 Å². The lowest BCUT2D eigenvalue weighted by atomic mass is 9.99.